The highest BCUT2D eigenvalue weighted by Gasteiger charge is 2.17. The van der Waals surface area contributed by atoms with Crippen molar-refractivity contribution < 1.29 is 0 Å². The second-order valence-corrected chi connectivity index (χ2v) is 4.04. The van der Waals surface area contributed by atoms with Crippen LogP contribution in [0.2, 0.25) is 0 Å². The van der Waals surface area contributed by atoms with Crippen molar-refractivity contribution in [2.45, 2.75) is 13.8 Å². The van der Waals surface area contributed by atoms with Crippen molar-refractivity contribution in [1.29, 1.82) is 0 Å². The second-order valence-electron chi connectivity index (χ2n) is 4.04. The molecular formula is C12H20N4. The fraction of sp³-hybridized carbons (Fsp3) is 0.417. The van der Waals surface area contributed by atoms with E-state index in [0.717, 1.165) is 33.9 Å². The van der Waals surface area contributed by atoms with Crippen molar-refractivity contribution in [1.82, 2.24) is 0 Å². The van der Waals surface area contributed by atoms with Gasteiger partial charge < -0.3 is 16.0 Å². The molecule has 0 aliphatic rings. The van der Waals surface area contributed by atoms with E-state index in [0.29, 0.717) is 0 Å². The summed E-state index contributed by atoms with van der Waals surface area (Å²) in [7, 11) is 5.84. The molecule has 3 N–H and O–H groups in total. The van der Waals surface area contributed by atoms with Gasteiger partial charge in [0.15, 0.2) is 0 Å². The molecule has 0 aromatic heterocycles. The molecule has 0 saturated carbocycles. The SMILES string of the molecule is C=Nc1c(C)c(N(C)C)c(C)c(N)c1NC. The van der Waals surface area contributed by atoms with Crippen molar-refractivity contribution in [3.05, 3.63) is 11.1 Å². The van der Waals surface area contributed by atoms with E-state index in [4.69, 9.17) is 5.73 Å². The highest BCUT2D eigenvalue weighted by atomic mass is 15.1. The number of aliphatic imine (C=N–C) groups is 1. The Morgan fingerprint density at radius 2 is 1.81 bits per heavy atom. The molecular weight excluding hydrogens is 200 g/mol. The maximum atomic E-state index is 6.10. The molecule has 0 spiro atoms. The van der Waals surface area contributed by atoms with Crippen LogP contribution < -0.4 is 16.0 Å². The van der Waals surface area contributed by atoms with E-state index in [1.807, 2.05) is 35.0 Å². The van der Waals surface area contributed by atoms with Crippen LogP contribution in [0.5, 0.6) is 0 Å². The lowest BCUT2D eigenvalue weighted by Gasteiger charge is -2.24. The minimum Gasteiger partial charge on any atom is -0.397 e. The lowest BCUT2D eigenvalue weighted by molar-refractivity contribution is 1.10. The summed E-state index contributed by atoms with van der Waals surface area (Å²) in [4.78, 5) is 6.12. The first-order chi connectivity index (χ1) is 7.45. The molecule has 1 aromatic rings. The molecule has 0 aliphatic carbocycles. The average Bonchev–Trinajstić information content (AvgIpc) is 2.22. The van der Waals surface area contributed by atoms with E-state index in [2.05, 4.69) is 21.9 Å². The fourth-order valence-electron chi connectivity index (χ4n) is 2.15. The summed E-state index contributed by atoms with van der Waals surface area (Å²) in [5.41, 5.74) is 11.8. The largest absolute Gasteiger partial charge is 0.397 e. The molecule has 0 radical (unpaired) electrons. The van der Waals surface area contributed by atoms with Gasteiger partial charge in [0.2, 0.25) is 0 Å². The molecule has 0 fully saturated rings. The summed E-state index contributed by atoms with van der Waals surface area (Å²) in [6.07, 6.45) is 0. The number of anilines is 3. The second kappa shape index (κ2) is 4.43. The predicted molar refractivity (Wildman–Crippen MR) is 73.4 cm³/mol. The van der Waals surface area contributed by atoms with Crippen LogP contribution >= 0.6 is 0 Å². The lowest BCUT2D eigenvalue weighted by atomic mass is 10.0. The molecule has 0 aliphatic heterocycles. The summed E-state index contributed by atoms with van der Waals surface area (Å²) < 4.78 is 0. The van der Waals surface area contributed by atoms with Crippen LogP contribution in [0.25, 0.3) is 0 Å². The monoisotopic (exact) mass is 220 g/mol. The zero-order valence-electron chi connectivity index (χ0n) is 10.7. The van der Waals surface area contributed by atoms with Crippen LogP contribution in [0.3, 0.4) is 0 Å². The van der Waals surface area contributed by atoms with Crippen LogP contribution in [-0.2, 0) is 0 Å². The molecule has 0 heterocycles. The number of nitrogens with zero attached hydrogens (tertiary/aromatic N) is 2. The number of hydrogen-bond acceptors (Lipinski definition) is 4. The normalized spacial score (nSPS) is 10.1. The summed E-state index contributed by atoms with van der Waals surface area (Å²) in [6, 6.07) is 0. The Balaban J connectivity index is 3.69. The van der Waals surface area contributed by atoms with Crippen molar-refractivity contribution in [3.63, 3.8) is 0 Å². The first kappa shape index (κ1) is 12.4. The Bertz CT molecular complexity index is 422. The van der Waals surface area contributed by atoms with Crippen molar-refractivity contribution in [3.8, 4) is 0 Å². The first-order valence-corrected chi connectivity index (χ1v) is 5.20. The summed E-state index contributed by atoms with van der Waals surface area (Å²) in [5.74, 6) is 0. The molecule has 0 bridgehead atoms. The summed E-state index contributed by atoms with van der Waals surface area (Å²) in [6.45, 7) is 7.66. The van der Waals surface area contributed by atoms with Crippen LogP contribution in [0.4, 0.5) is 22.7 Å². The van der Waals surface area contributed by atoms with Crippen molar-refractivity contribution >= 4 is 29.5 Å². The third-order valence-corrected chi connectivity index (χ3v) is 2.83. The Hall–Kier alpha value is -1.71. The summed E-state index contributed by atoms with van der Waals surface area (Å²) >= 11 is 0. The van der Waals surface area contributed by atoms with Gasteiger partial charge in [-0.3, -0.25) is 4.99 Å². The first-order valence-electron chi connectivity index (χ1n) is 5.20. The van der Waals surface area contributed by atoms with Gasteiger partial charge in [0.05, 0.1) is 17.1 Å². The minimum absolute atomic E-state index is 0.735. The lowest BCUT2D eigenvalue weighted by Crippen LogP contribution is -2.14. The molecule has 4 heteroatoms. The highest BCUT2D eigenvalue weighted by molar-refractivity contribution is 5.91. The van der Waals surface area contributed by atoms with E-state index in [1.165, 1.54) is 0 Å². The van der Waals surface area contributed by atoms with Gasteiger partial charge in [-0.15, -0.1) is 0 Å². The van der Waals surface area contributed by atoms with Gasteiger partial charge in [0.1, 0.15) is 0 Å². The van der Waals surface area contributed by atoms with E-state index < -0.39 is 0 Å². The Morgan fingerprint density at radius 1 is 1.25 bits per heavy atom. The minimum atomic E-state index is 0.735. The third-order valence-electron chi connectivity index (χ3n) is 2.83. The summed E-state index contributed by atoms with van der Waals surface area (Å²) in [5, 5.41) is 3.09. The molecule has 16 heavy (non-hydrogen) atoms. The fourth-order valence-corrected chi connectivity index (χ4v) is 2.15. The van der Waals surface area contributed by atoms with Crippen LogP contribution in [0, 0.1) is 13.8 Å². The number of benzene rings is 1. The quantitative estimate of drug-likeness (QED) is 0.607. The smallest absolute Gasteiger partial charge is 0.0924 e. The van der Waals surface area contributed by atoms with Gasteiger partial charge in [-0.2, -0.15) is 0 Å². The molecule has 1 rings (SSSR count). The Kier molecular flexibility index (Phi) is 3.42. The van der Waals surface area contributed by atoms with E-state index in [9.17, 15) is 0 Å². The van der Waals surface area contributed by atoms with Crippen molar-refractivity contribution in [2.24, 2.45) is 4.99 Å². The molecule has 88 valence electrons. The topological polar surface area (TPSA) is 53.6 Å². The number of rotatable bonds is 3. The molecule has 1 aromatic carbocycles. The van der Waals surface area contributed by atoms with Crippen LogP contribution in [0.1, 0.15) is 11.1 Å². The standard InChI is InChI=1S/C12H20N4/c1-7-9(13)11(15-4)10(14-3)8(2)12(7)16(5)6/h15H,3,13H2,1-2,4-6H3. The van der Waals surface area contributed by atoms with Gasteiger partial charge >= 0.3 is 0 Å². The number of nitrogen functional groups attached to an aromatic ring is 1. The molecule has 0 atom stereocenters. The highest BCUT2D eigenvalue weighted by Crippen LogP contribution is 2.42. The third kappa shape index (κ3) is 1.71. The van der Waals surface area contributed by atoms with Gasteiger partial charge in [-0.05, 0) is 26.1 Å². The molecule has 4 nitrogen and oxygen atoms in total. The maximum absolute atomic E-state index is 6.10. The van der Waals surface area contributed by atoms with Crippen LogP contribution in [-0.4, -0.2) is 27.9 Å². The van der Waals surface area contributed by atoms with Gasteiger partial charge in [0, 0.05) is 32.4 Å². The Labute approximate surface area is 97.2 Å². The van der Waals surface area contributed by atoms with Crippen molar-refractivity contribution in [2.75, 3.05) is 37.1 Å². The number of hydrogen-bond donors (Lipinski definition) is 2. The van der Waals surface area contributed by atoms with Gasteiger partial charge in [-0.1, -0.05) is 0 Å². The van der Waals surface area contributed by atoms with Crippen LogP contribution in [0.15, 0.2) is 4.99 Å². The molecule has 0 unspecified atom stereocenters. The van der Waals surface area contributed by atoms with E-state index >= 15 is 0 Å². The van der Waals surface area contributed by atoms with Gasteiger partial charge in [-0.25, -0.2) is 0 Å². The average molecular weight is 220 g/mol. The number of nitrogens with two attached hydrogens (primary N) is 1. The maximum Gasteiger partial charge on any atom is 0.0924 e. The van der Waals surface area contributed by atoms with Gasteiger partial charge in [0.25, 0.3) is 0 Å². The molecule has 0 saturated heterocycles. The van der Waals surface area contributed by atoms with E-state index in [-0.39, 0.29) is 0 Å². The number of nitrogens with one attached hydrogen (secondary N) is 1. The predicted octanol–water partition coefficient (Wildman–Crippen LogP) is 2.33. The zero-order valence-corrected chi connectivity index (χ0v) is 10.7. The van der Waals surface area contributed by atoms with E-state index in [1.54, 1.807) is 0 Å². The zero-order chi connectivity index (χ0) is 12.5. The Morgan fingerprint density at radius 3 is 2.19 bits per heavy atom. The molecule has 0 amide bonds.